The number of nitrogens with zero attached hydrogens (tertiary/aromatic N) is 1. The van der Waals surface area contributed by atoms with Crippen LogP contribution in [-0.4, -0.2) is 35.1 Å². The molecule has 1 aliphatic rings. The molecule has 0 aromatic heterocycles. The van der Waals surface area contributed by atoms with Crippen LogP contribution in [0, 0.1) is 0 Å². The molecule has 1 saturated heterocycles. The smallest absolute Gasteiger partial charge is 0.325 e. The van der Waals surface area contributed by atoms with E-state index in [2.05, 4.69) is 5.32 Å². The Kier molecular flexibility index (Phi) is 4.39. The van der Waals surface area contributed by atoms with Crippen LogP contribution in [0.2, 0.25) is 0 Å². The number of imide groups is 1. The van der Waals surface area contributed by atoms with Crippen molar-refractivity contribution in [3.8, 4) is 0 Å². The second kappa shape index (κ2) is 6.05. The van der Waals surface area contributed by atoms with Crippen LogP contribution in [0.15, 0.2) is 30.3 Å². The van der Waals surface area contributed by atoms with Crippen LogP contribution in [0.4, 0.5) is 4.79 Å². The van der Waals surface area contributed by atoms with Crippen LogP contribution in [0.1, 0.15) is 31.7 Å². The fourth-order valence-electron chi connectivity index (χ4n) is 2.55. The molecule has 108 valence electrons. The van der Waals surface area contributed by atoms with Gasteiger partial charge in [0.05, 0.1) is 0 Å². The lowest BCUT2D eigenvalue weighted by molar-refractivity contribution is -0.126. The minimum absolute atomic E-state index is 0.154. The monoisotopic (exact) mass is 276 g/mol. The van der Waals surface area contributed by atoms with Crippen molar-refractivity contribution in [3.63, 3.8) is 0 Å². The van der Waals surface area contributed by atoms with Gasteiger partial charge in [0.25, 0.3) is 5.91 Å². The van der Waals surface area contributed by atoms with Gasteiger partial charge in [-0.15, -0.1) is 0 Å². The molecule has 1 atom stereocenters. The van der Waals surface area contributed by atoms with Gasteiger partial charge < -0.3 is 10.0 Å². The van der Waals surface area contributed by atoms with Crippen molar-refractivity contribution in [2.45, 2.75) is 31.7 Å². The number of carbonyl (C=O) groups excluding carboxylic acids is 2. The molecule has 1 aromatic carbocycles. The third-order valence-corrected chi connectivity index (χ3v) is 3.82. The average Bonchev–Trinajstić information content (AvgIpc) is 2.68. The van der Waals surface area contributed by atoms with Gasteiger partial charge in [0.2, 0.25) is 0 Å². The second-order valence-electron chi connectivity index (χ2n) is 5.13. The third kappa shape index (κ3) is 2.54. The van der Waals surface area contributed by atoms with E-state index in [1.54, 1.807) is 11.8 Å². The number of nitrogens with one attached hydrogen (secondary N) is 1. The number of amides is 3. The maximum atomic E-state index is 12.2. The van der Waals surface area contributed by atoms with Crippen LogP contribution in [-0.2, 0) is 10.3 Å². The Balaban J connectivity index is 2.19. The first kappa shape index (κ1) is 14.5. The number of aliphatic hydroxyl groups is 1. The van der Waals surface area contributed by atoms with Crippen LogP contribution in [0.3, 0.4) is 0 Å². The Bertz CT molecular complexity index is 489. The van der Waals surface area contributed by atoms with E-state index in [0.717, 1.165) is 18.4 Å². The standard InChI is InChI=1S/C15H20N2O3/c1-15(12-8-4-2-5-9-12)13(19)16-14(20)17(15)10-6-3-7-11-18/h2,4-5,8-9,18H,3,6-7,10-11H2,1H3,(H,16,19,20). The van der Waals surface area contributed by atoms with Crippen molar-refractivity contribution in [1.29, 1.82) is 0 Å². The average molecular weight is 276 g/mol. The summed E-state index contributed by atoms with van der Waals surface area (Å²) in [6, 6.07) is 8.98. The van der Waals surface area contributed by atoms with Gasteiger partial charge in [-0.1, -0.05) is 30.3 Å². The van der Waals surface area contributed by atoms with Crippen molar-refractivity contribution in [2.24, 2.45) is 0 Å². The molecule has 1 aliphatic heterocycles. The Labute approximate surface area is 118 Å². The molecule has 2 rings (SSSR count). The molecular weight excluding hydrogens is 256 g/mol. The zero-order valence-corrected chi connectivity index (χ0v) is 11.6. The predicted molar refractivity (Wildman–Crippen MR) is 75.0 cm³/mol. The zero-order chi connectivity index (χ0) is 14.6. The molecule has 1 aromatic rings. The van der Waals surface area contributed by atoms with E-state index in [-0.39, 0.29) is 18.5 Å². The molecule has 0 radical (unpaired) electrons. The van der Waals surface area contributed by atoms with Crippen LogP contribution in [0.5, 0.6) is 0 Å². The van der Waals surface area contributed by atoms with Gasteiger partial charge in [0.1, 0.15) is 5.54 Å². The van der Waals surface area contributed by atoms with Crippen molar-refractivity contribution in [3.05, 3.63) is 35.9 Å². The van der Waals surface area contributed by atoms with Crippen molar-refractivity contribution in [2.75, 3.05) is 13.2 Å². The van der Waals surface area contributed by atoms with Gasteiger partial charge in [-0.3, -0.25) is 10.1 Å². The van der Waals surface area contributed by atoms with Crippen LogP contribution >= 0.6 is 0 Å². The third-order valence-electron chi connectivity index (χ3n) is 3.82. The van der Waals surface area contributed by atoms with Gasteiger partial charge >= 0.3 is 6.03 Å². The summed E-state index contributed by atoms with van der Waals surface area (Å²) in [5.41, 5.74) is -0.136. The highest BCUT2D eigenvalue weighted by Gasteiger charge is 2.49. The number of urea groups is 1. The maximum absolute atomic E-state index is 12.2. The SMILES string of the molecule is CC1(c2ccccc2)C(=O)NC(=O)N1CCCCCO. The Morgan fingerprint density at radius 1 is 1.15 bits per heavy atom. The first-order valence-corrected chi connectivity index (χ1v) is 6.90. The maximum Gasteiger partial charge on any atom is 0.325 e. The highest BCUT2D eigenvalue weighted by Crippen LogP contribution is 2.32. The zero-order valence-electron chi connectivity index (χ0n) is 11.6. The molecule has 1 unspecified atom stereocenters. The first-order valence-electron chi connectivity index (χ1n) is 6.90. The number of carbonyl (C=O) groups is 2. The highest BCUT2D eigenvalue weighted by molar-refractivity contribution is 6.07. The Morgan fingerprint density at radius 2 is 1.85 bits per heavy atom. The van der Waals surface area contributed by atoms with Gasteiger partial charge in [0, 0.05) is 13.2 Å². The molecule has 3 amide bonds. The van der Waals surface area contributed by atoms with Crippen molar-refractivity contribution in [1.82, 2.24) is 10.2 Å². The van der Waals surface area contributed by atoms with Gasteiger partial charge in [-0.05, 0) is 31.7 Å². The molecule has 0 bridgehead atoms. The number of aliphatic hydroxyl groups excluding tert-OH is 1. The number of rotatable bonds is 6. The molecule has 0 saturated carbocycles. The lowest BCUT2D eigenvalue weighted by Crippen LogP contribution is -2.44. The molecule has 5 nitrogen and oxygen atoms in total. The summed E-state index contributed by atoms with van der Waals surface area (Å²) in [5.74, 6) is -0.282. The van der Waals surface area contributed by atoms with Crippen LogP contribution in [0.25, 0.3) is 0 Å². The summed E-state index contributed by atoms with van der Waals surface area (Å²) >= 11 is 0. The quantitative estimate of drug-likeness (QED) is 0.612. The largest absolute Gasteiger partial charge is 0.396 e. The Hall–Kier alpha value is -1.88. The molecule has 2 N–H and O–H groups in total. The van der Waals surface area contributed by atoms with E-state index in [1.165, 1.54) is 0 Å². The summed E-state index contributed by atoms with van der Waals surface area (Å²) < 4.78 is 0. The van der Waals surface area contributed by atoms with Crippen LogP contribution < -0.4 is 5.32 Å². The second-order valence-corrected chi connectivity index (χ2v) is 5.13. The first-order chi connectivity index (χ1) is 9.60. The van der Waals surface area contributed by atoms with Gasteiger partial charge in [0.15, 0.2) is 0 Å². The topological polar surface area (TPSA) is 69.6 Å². The summed E-state index contributed by atoms with van der Waals surface area (Å²) in [5, 5.41) is 11.2. The molecule has 0 aliphatic carbocycles. The lowest BCUT2D eigenvalue weighted by atomic mass is 9.90. The predicted octanol–water partition coefficient (Wildman–Crippen LogP) is 1.62. The van der Waals surface area contributed by atoms with E-state index in [9.17, 15) is 9.59 Å². The minimum atomic E-state index is -0.947. The fraction of sp³-hybridized carbons (Fsp3) is 0.467. The van der Waals surface area contributed by atoms with Crippen molar-refractivity contribution < 1.29 is 14.7 Å². The summed E-state index contributed by atoms with van der Waals surface area (Å²) in [6.45, 7) is 2.43. The normalized spacial score (nSPS) is 22.2. The summed E-state index contributed by atoms with van der Waals surface area (Å²) in [4.78, 5) is 25.8. The molecule has 1 heterocycles. The van der Waals surface area contributed by atoms with E-state index in [0.29, 0.717) is 13.0 Å². The molecular formula is C15H20N2O3. The summed E-state index contributed by atoms with van der Waals surface area (Å²) in [6.07, 6.45) is 2.31. The fourth-order valence-corrected chi connectivity index (χ4v) is 2.55. The Morgan fingerprint density at radius 3 is 2.50 bits per heavy atom. The molecule has 20 heavy (non-hydrogen) atoms. The number of hydrogen-bond donors (Lipinski definition) is 2. The molecule has 1 fully saturated rings. The van der Waals surface area contributed by atoms with E-state index in [1.807, 2.05) is 30.3 Å². The number of benzene rings is 1. The van der Waals surface area contributed by atoms with Gasteiger partial charge in [-0.2, -0.15) is 0 Å². The lowest BCUT2D eigenvalue weighted by Gasteiger charge is -2.32. The minimum Gasteiger partial charge on any atom is -0.396 e. The number of unbranched alkanes of at least 4 members (excludes halogenated alkanes) is 2. The van der Waals surface area contributed by atoms with Crippen molar-refractivity contribution >= 4 is 11.9 Å². The van der Waals surface area contributed by atoms with Gasteiger partial charge in [-0.25, -0.2) is 4.79 Å². The molecule has 5 heteroatoms. The highest BCUT2D eigenvalue weighted by atomic mass is 16.3. The van der Waals surface area contributed by atoms with E-state index < -0.39 is 5.54 Å². The van der Waals surface area contributed by atoms with E-state index in [4.69, 9.17) is 5.11 Å². The summed E-state index contributed by atoms with van der Waals surface area (Å²) in [7, 11) is 0. The molecule has 0 spiro atoms. The van der Waals surface area contributed by atoms with E-state index >= 15 is 0 Å². The number of hydrogen-bond acceptors (Lipinski definition) is 3.